The minimum atomic E-state index is -3.94. The van der Waals surface area contributed by atoms with Gasteiger partial charge in [0.2, 0.25) is 5.28 Å². The molecule has 2 heterocycles. The highest BCUT2D eigenvalue weighted by Crippen LogP contribution is 2.47. The molecular formula is C20H22Cl2N5O5P. The van der Waals surface area contributed by atoms with Crippen LogP contribution in [-0.2, 0) is 13.9 Å². The minimum Gasteiger partial charge on any atom is -0.480 e. The average molecular weight is 514 g/mol. The second kappa shape index (κ2) is 9.95. The summed E-state index contributed by atoms with van der Waals surface area (Å²) < 4.78 is 26.5. The van der Waals surface area contributed by atoms with Gasteiger partial charge in [0.15, 0.2) is 10.8 Å². The van der Waals surface area contributed by atoms with Crippen molar-refractivity contribution in [2.75, 3.05) is 6.61 Å². The zero-order valence-corrected chi connectivity index (χ0v) is 20.0. The molecule has 1 saturated carbocycles. The number of carbonyl (C=O) groups is 1. The highest BCUT2D eigenvalue weighted by atomic mass is 35.5. The highest BCUT2D eigenvalue weighted by molar-refractivity contribution is 7.52. The summed E-state index contributed by atoms with van der Waals surface area (Å²) in [5.41, 5.74) is 1.04. The Morgan fingerprint density at radius 2 is 2.06 bits per heavy atom. The molecule has 0 saturated heterocycles. The number of nitrogens with one attached hydrogen (secondary N) is 1. The van der Waals surface area contributed by atoms with Crippen molar-refractivity contribution >= 4 is 48.1 Å². The third kappa shape index (κ3) is 5.65. The Labute approximate surface area is 199 Å². The normalized spacial score (nSPS) is 21.1. The van der Waals surface area contributed by atoms with Gasteiger partial charge in [-0.1, -0.05) is 29.8 Å². The Bertz CT molecular complexity index is 1190. The Morgan fingerprint density at radius 3 is 2.79 bits per heavy atom. The number of aliphatic carboxylic acids is 1. The summed E-state index contributed by atoms with van der Waals surface area (Å²) in [6.07, 6.45) is 4.00. The van der Waals surface area contributed by atoms with Gasteiger partial charge in [-0.15, -0.1) is 0 Å². The summed E-state index contributed by atoms with van der Waals surface area (Å²) in [7, 11) is -3.94. The molecule has 2 N–H and O–H groups in total. The first-order valence-electron chi connectivity index (χ1n) is 10.3. The van der Waals surface area contributed by atoms with Gasteiger partial charge in [0.1, 0.15) is 17.3 Å². The summed E-state index contributed by atoms with van der Waals surface area (Å²) in [5, 5.41) is 12.0. The highest BCUT2D eigenvalue weighted by Gasteiger charge is 2.35. The zero-order chi connectivity index (χ0) is 23.6. The number of benzene rings is 1. The molecule has 1 fully saturated rings. The molecule has 0 aliphatic heterocycles. The summed E-state index contributed by atoms with van der Waals surface area (Å²) in [4.78, 5) is 23.8. The number of rotatable bonds is 9. The summed E-state index contributed by atoms with van der Waals surface area (Å²) in [6, 6.07) is 7.43. The molecule has 1 aliphatic carbocycles. The third-order valence-corrected chi connectivity index (χ3v) is 7.51. The van der Waals surface area contributed by atoms with E-state index in [0.717, 1.165) is 12.8 Å². The smallest absolute Gasteiger partial charge is 0.459 e. The Balaban J connectivity index is 1.44. The number of hydrogen-bond acceptors (Lipinski definition) is 7. The quantitative estimate of drug-likeness (QED) is 0.236. The number of para-hydroxylation sites is 1. The van der Waals surface area contributed by atoms with Crippen LogP contribution >= 0.6 is 30.9 Å². The van der Waals surface area contributed by atoms with Gasteiger partial charge in [-0.2, -0.15) is 10.1 Å². The summed E-state index contributed by atoms with van der Waals surface area (Å²) in [6.45, 7) is 1.50. The molecule has 4 rings (SSSR count). The predicted octanol–water partition coefficient (Wildman–Crippen LogP) is 4.74. The van der Waals surface area contributed by atoms with Gasteiger partial charge in [0.05, 0.1) is 12.9 Å². The van der Waals surface area contributed by atoms with Crippen molar-refractivity contribution in [3.8, 4) is 5.75 Å². The zero-order valence-electron chi connectivity index (χ0n) is 17.6. The van der Waals surface area contributed by atoms with E-state index in [2.05, 4.69) is 20.0 Å². The molecule has 4 atom stereocenters. The van der Waals surface area contributed by atoms with Crippen molar-refractivity contribution in [3.05, 3.63) is 47.1 Å². The molecule has 0 radical (unpaired) electrons. The fourth-order valence-corrected chi connectivity index (χ4v) is 5.78. The van der Waals surface area contributed by atoms with Gasteiger partial charge < -0.3 is 14.2 Å². The summed E-state index contributed by atoms with van der Waals surface area (Å²) >= 11 is 12.1. The van der Waals surface area contributed by atoms with Crippen molar-refractivity contribution < 1.29 is 23.5 Å². The molecule has 1 aromatic carbocycles. The van der Waals surface area contributed by atoms with Gasteiger partial charge >= 0.3 is 13.7 Å². The number of nitrogens with zero attached hydrogens (tertiary/aromatic N) is 4. The van der Waals surface area contributed by atoms with E-state index in [0.29, 0.717) is 23.3 Å². The molecule has 0 bridgehead atoms. The number of aromatic nitrogens is 4. The molecule has 33 heavy (non-hydrogen) atoms. The van der Waals surface area contributed by atoms with Gasteiger partial charge in [0.25, 0.3) is 0 Å². The van der Waals surface area contributed by atoms with Crippen molar-refractivity contribution in [1.82, 2.24) is 24.6 Å². The van der Waals surface area contributed by atoms with Crippen LogP contribution in [0.2, 0.25) is 10.4 Å². The fraction of sp³-hybridized carbons (Fsp3) is 0.400. The molecule has 176 valence electrons. The van der Waals surface area contributed by atoms with Crippen LogP contribution in [0.3, 0.4) is 0 Å². The molecule has 3 aromatic rings. The van der Waals surface area contributed by atoms with Crippen LogP contribution < -0.4 is 9.61 Å². The molecule has 2 aromatic heterocycles. The Kier molecular flexibility index (Phi) is 7.21. The van der Waals surface area contributed by atoms with E-state index in [1.807, 2.05) is 4.57 Å². The Morgan fingerprint density at radius 1 is 1.30 bits per heavy atom. The van der Waals surface area contributed by atoms with Crippen LogP contribution in [0.5, 0.6) is 5.75 Å². The lowest BCUT2D eigenvalue weighted by Gasteiger charge is -2.23. The van der Waals surface area contributed by atoms with Crippen molar-refractivity contribution in [2.45, 2.75) is 38.3 Å². The number of imidazole rings is 1. The monoisotopic (exact) mass is 513 g/mol. The molecule has 0 spiro atoms. The maximum atomic E-state index is 13.3. The molecule has 0 amide bonds. The maximum Gasteiger partial charge on any atom is 0.459 e. The van der Waals surface area contributed by atoms with E-state index < -0.39 is 19.8 Å². The molecule has 13 heteroatoms. The lowest BCUT2D eigenvalue weighted by molar-refractivity contribution is -0.138. The maximum absolute atomic E-state index is 13.3. The SMILES string of the molecule is C[C@H](NP(=O)(OC[C@@H]1CC[C@H](n2cnc3c(Cl)nc(Cl)nc32)C1)Oc1ccccc1)C(=O)O. The van der Waals surface area contributed by atoms with Crippen molar-refractivity contribution in [1.29, 1.82) is 0 Å². The van der Waals surface area contributed by atoms with E-state index >= 15 is 0 Å². The van der Waals surface area contributed by atoms with Crippen molar-refractivity contribution in [3.63, 3.8) is 0 Å². The number of halogens is 2. The number of hydrogen-bond donors (Lipinski definition) is 2. The van der Waals surface area contributed by atoms with E-state index in [1.54, 1.807) is 36.7 Å². The first-order valence-corrected chi connectivity index (χ1v) is 12.6. The Hall–Kier alpha value is -2.23. The van der Waals surface area contributed by atoms with Gasteiger partial charge in [-0.25, -0.2) is 14.5 Å². The fourth-order valence-electron chi connectivity index (χ4n) is 3.78. The van der Waals surface area contributed by atoms with Crippen LogP contribution in [0, 0.1) is 5.92 Å². The van der Waals surface area contributed by atoms with Crippen LogP contribution in [-0.4, -0.2) is 43.2 Å². The summed E-state index contributed by atoms with van der Waals surface area (Å²) in [5.74, 6) is -0.786. The number of carboxylic acid groups (broad SMARTS) is 1. The topological polar surface area (TPSA) is 128 Å². The molecule has 10 nitrogen and oxygen atoms in total. The molecule has 1 unspecified atom stereocenters. The van der Waals surface area contributed by atoms with Gasteiger partial charge in [0, 0.05) is 6.04 Å². The predicted molar refractivity (Wildman–Crippen MR) is 123 cm³/mol. The first kappa shape index (κ1) is 23.9. The minimum absolute atomic E-state index is 0.0461. The van der Waals surface area contributed by atoms with Crippen LogP contribution in [0.1, 0.15) is 32.2 Å². The third-order valence-electron chi connectivity index (χ3n) is 5.43. The first-order chi connectivity index (χ1) is 15.7. The van der Waals surface area contributed by atoms with Gasteiger partial charge in [-0.05, 0) is 55.8 Å². The number of carboxylic acids is 1. The van der Waals surface area contributed by atoms with Crippen molar-refractivity contribution in [2.24, 2.45) is 5.92 Å². The standard InChI is InChI=1S/C20H22Cl2N5O5P/c1-12(19(28)29)26-33(30,32-15-5-3-2-4-6-15)31-10-13-7-8-14(9-13)27-11-23-16-17(21)24-20(22)25-18(16)27/h2-6,11-14H,7-10H2,1H3,(H,26,30)(H,28,29)/t12-,13+,14-,33?/m0/s1. The average Bonchev–Trinajstić information content (AvgIpc) is 3.40. The van der Waals surface area contributed by atoms with E-state index in [-0.39, 0.29) is 29.0 Å². The van der Waals surface area contributed by atoms with Gasteiger partial charge in [-0.3, -0.25) is 9.32 Å². The lowest BCUT2D eigenvalue weighted by Crippen LogP contribution is -2.33. The van der Waals surface area contributed by atoms with E-state index in [4.69, 9.17) is 32.2 Å². The van der Waals surface area contributed by atoms with Crippen LogP contribution in [0.15, 0.2) is 36.7 Å². The molecular weight excluding hydrogens is 492 g/mol. The molecule has 1 aliphatic rings. The largest absolute Gasteiger partial charge is 0.480 e. The number of fused-ring (bicyclic) bond motifs is 1. The van der Waals surface area contributed by atoms with E-state index in [9.17, 15) is 14.5 Å². The second-order valence-corrected chi connectivity index (χ2v) is 10.2. The van der Waals surface area contributed by atoms with E-state index in [1.165, 1.54) is 6.92 Å². The second-order valence-electron chi connectivity index (χ2n) is 7.83. The van der Waals surface area contributed by atoms with Crippen LogP contribution in [0.25, 0.3) is 11.2 Å². The lowest BCUT2D eigenvalue weighted by atomic mass is 10.1. The van der Waals surface area contributed by atoms with Crippen LogP contribution in [0.4, 0.5) is 0 Å².